The first-order valence-electron chi connectivity index (χ1n) is 6.72. The van der Waals surface area contributed by atoms with Gasteiger partial charge in [0, 0.05) is 26.2 Å². The van der Waals surface area contributed by atoms with Crippen LogP contribution in [0.5, 0.6) is 0 Å². The van der Waals surface area contributed by atoms with E-state index in [2.05, 4.69) is 35.3 Å². The average Bonchev–Trinajstić information content (AvgIpc) is 2.83. The molecular formula is C14H19N3S. The Hall–Kier alpha value is -1.13. The highest BCUT2D eigenvalue weighted by Crippen LogP contribution is 2.29. The first kappa shape index (κ1) is 11.9. The smallest absolute Gasteiger partial charge is 0.186 e. The molecule has 0 unspecified atom stereocenters. The van der Waals surface area contributed by atoms with Crippen molar-refractivity contribution in [3.63, 3.8) is 0 Å². The van der Waals surface area contributed by atoms with Gasteiger partial charge < -0.3 is 10.2 Å². The van der Waals surface area contributed by atoms with Crippen LogP contribution in [0.25, 0.3) is 10.2 Å². The number of aromatic nitrogens is 1. The highest BCUT2D eigenvalue weighted by molar-refractivity contribution is 7.22. The van der Waals surface area contributed by atoms with Crippen molar-refractivity contribution in [3.05, 3.63) is 23.8 Å². The van der Waals surface area contributed by atoms with Crippen LogP contribution < -0.4 is 10.2 Å². The maximum Gasteiger partial charge on any atom is 0.186 e. The number of aryl methyl sites for hydroxylation is 1. The van der Waals surface area contributed by atoms with Gasteiger partial charge in [-0.1, -0.05) is 30.7 Å². The fourth-order valence-corrected chi connectivity index (χ4v) is 3.47. The number of thiazole rings is 1. The summed E-state index contributed by atoms with van der Waals surface area (Å²) in [7, 11) is 0. The molecular weight excluding hydrogens is 242 g/mol. The minimum atomic E-state index is 1.07. The molecule has 96 valence electrons. The summed E-state index contributed by atoms with van der Waals surface area (Å²) < 4.78 is 1.33. The Balaban J connectivity index is 1.89. The molecule has 1 aromatic heterocycles. The number of hydrogen-bond acceptors (Lipinski definition) is 4. The number of piperazine rings is 1. The first-order valence-corrected chi connectivity index (χ1v) is 7.53. The van der Waals surface area contributed by atoms with Gasteiger partial charge in [-0.3, -0.25) is 0 Å². The van der Waals surface area contributed by atoms with Gasteiger partial charge in [0.05, 0.1) is 10.2 Å². The zero-order valence-electron chi connectivity index (χ0n) is 10.8. The molecule has 2 heterocycles. The third-order valence-electron chi connectivity index (χ3n) is 3.37. The molecule has 1 aliphatic rings. The lowest BCUT2D eigenvalue weighted by Gasteiger charge is -2.26. The number of nitrogens with zero attached hydrogens (tertiary/aromatic N) is 2. The van der Waals surface area contributed by atoms with Crippen molar-refractivity contribution in [1.29, 1.82) is 0 Å². The van der Waals surface area contributed by atoms with Crippen LogP contribution in [0.2, 0.25) is 0 Å². The molecule has 1 aromatic carbocycles. The summed E-state index contributed by atoms with van der Waals surface area (Å²) in [5, 5.41) is 4.56. The third-order valence-corrected chi connectivity index (χ3v) is 4.45. The standard InChI is InChI=1S/C14H19N3S/c1-2-3-11-4-5-12-13(10-11)18-14(16-12)17-8-6-15-7-9-17/h4-5,10,15H,2-3,6-9H2,1H3. The Labute approximate surface area is 112 Å². The van der Waals surface area contributed by atoms with E-state index in [1.807, 2.05) is 11.3 Å². The Morgan fingerprint density at radius 1 is 1.33 bits per heavy atom. The van der Waals surface area contributed by atoms with Gasteiger partial charge in [-0.25, -0.2) is 4.98 Å². The summed E-state index contributed by atoms with van der Waals surface area (Å²) in [5.41, 5.74) is 2.58. The molecule has 0 spiro atoms. The summed E-state index contributed by atoms with van der Waals surface area (Å²) in [5.74, 6) is 0. The predicted octanol–water partition coefficient (Wildman–Crippen LogP) is 2.66. The second-order valence-corrected chi connectivity index (χ2v) is 5.79. The van der Waals surface area contributed by atoms with E-state index in [1.54, 1.807) is 0 Å². The number of anilines is 1. The van der Waals surface area contributed by atoms with Crippen LogP contribution in [0, 0.1) is 0 Å². The molecule has 1 N–H and O–H groups in total. The minimum absolute atomic E-state index is 1.07. The van der Waals surface area contributed by atoms with Crippen molar-refractivity contribution in [3.8, 4) is 0 Å². The van der Waals surface area contributed by atoms with Crippen LogP contribution in [0.1, 0.15) is 18.9 Å². The number of nitrogens with one attached hydrogen (secondary N) is 1. The van der Waals surface area contributed by atoms with Gasteiger partial charge in [0.1, 0.15) is 0 Å². The summed E-state index contributed by atoms with van der Waals surface area (Å²) in [4.78, 5) is 7.14. The van der Waals surface area contributed by atoms with Gasteiger partial charge in [-0.05, 0) is 24.1 Å². The molecule has 1 saturated heterocycles. The molecule has 0 amide bonds. The second kappa shape index (κ2) is 5.24. The fourth-order valence-electron chi connectivity index (χ4n) is 2.39. The van der Waals surface area contributed by atoms with Crippen molar-refractivity contribution >= 4 is 26.7 Å². The van der Waals surface area contributed by atoms with E-state index in [4.69, 9.17) is 4.98 Å². The molecule has 0 aliphatic carbocycles. The molecule has 0 radical (unpaired) electrons. The largest absolute Gasteiger partial charge is 0.346 e. The Bertz CT molecular complexity index is 529. The molecule has 3 rings (SSSR count). The van der Waals surface area contributed by atoms with E-state index in [9.17, 15) is 0 Å². The molecule has 18 heavy (non-hydrogen) atoms. The van der Waals surface area contributed by atoms with Crippen molar-refractivity contribution < 1.29 is 0 Å². The number of hydrogen-bond donors (Lipinski definition) is 1. The molecule has 2 aromatic rings. The van der Waals surface area contributed by atoms with E-state index in [-0.39, 0.29) is 0 Å². The van der Waals surface area contributed by atoms with Crippen molar-refractivity contribution in [2.45, 2.75) is 19.8 Å². The van der Waals surface area contributed by atoms with Gasteiger partial charge in [-0.2, -0.15) is 0 Å². The molecule has 0 atom stereocenters. The third kappa shape index (κ3) is 2.35. The molecule has 1 aliphatic heterocycles. The molecule has 0 bridgehead atoms. The van der Waals surface area contributed by atoms with Gasteiger partial charge >= 0.3 is 0 Å². The number of fused-ring (bicyclic) bond motifs is 1. The lowest BCUT2D eigenvalue weighted by Crippen LogP contribution is -2.43. The van der Waals surface area contributed by atoms with E-state index in [0.717, 1.165) is 38.1 Å². The van der Waals surface area contributed by atoms with E-state index >= 15 is 0 Å². The topological polar surface area (TPSA) is 28.2 Å². The van der Waals surface area contributed by atoms with Crippen LogP contribution in [0.15, 0.2) is 18.2 Å². The van der Waals surface area contributed by atoms with Crippen molar-refractivity contribution in [2.24, 2.45) is 0 Å². The first-order chi connectivity index (χ1) is 8.86. The number of rotatable bonds is 3. The Morgan fingerprint density at radius 3 is 2.94 bits per heavy atom. The van der Waals surface area contributed by atoms with Gasteiger partial charge in [-0.15, -0.1) is 0 Å². The highest BCUT2D eigenvalue weighted by atomic mass is 32.1. The summed E-state index contributed by atoms with van der Waals surface area (Å²) in [6.07, 6.45) is 2.37. The van der Waals surface area contributed by atoms with E-state index in [0.29, 0.717) is 0 Å². The van der Waals surface area contributed by atoms with Crippen molar-refractivity contribution in [2.75, 3.05) is 31.1 Å². The maximum atomic E-state index is 4.75. The quantitative estimate of drug-likeness (QED) is 0.920. The van der Waals surface area contributed by atoms with E-state index in [1.165, 1.54) is 21.8 Å². The SMILES string of the molecule is CCCc1ccc2nc(N3CCNCC3)sc2c1. The Morgan fingerprint density at radius 2 is 2.17 bits per heavy atom. The summed E-state index contributed by atoms with van der Waals surface area (Å²) in [6.45, 7) is 6.50. The van der Waals surface area contributed by atoms with Crippen LogP contribution >= 0.6 is 11.3 Å². The Kier molecular flexibility index (Phi) is 3.48. The molecule has 0 saturated carbocycles. The zero-order valence-corrected chi connectivity index (χ0v) is 11.6. The average molecular weight is 261 g/mol. The van der Waals surface area contributed by atoms with Crippen LogP contribution in [-0.4, -0.2) is 31.2 Å². The lowest BCUT2D eigenvalue weighted by atomic mass is 10.1. The zero-order chi connectivity index (χ0) is 12.4. The number of benzene rings is 1. The molecule has 4 heteroatoms. The predicted molar refractivity (Wildman–Crippen MR) is 78.7 cm³/mol. The highest BCUT2D eigenvalue weighted by Gasteiger charge is 2.14. The minimum Gasteiger partial charge on any atom is -0.346 e. The lowest BCUT2D eigenvalue weighted by molar-refractivity contribution is 0.588. The van der Waals surface area contributed by atoms with Gasteiger partial charge in [0.15, 0.2) is 5.13 Å². The van der Waals surface area contributed by atoms with Crippen LogP contribution in [0.4, 0.5) is 5.13 Å². The normalized spacial score (nSPS) is 16.4. The summed E-state index contributed by atoms with van der Waals surface area (Å²) >= 11 is 1.83. The fraction of sp³-hybridized carbons (Fsp3) is 0.500. The van der Waals surface area contributed by atoms with Crippen LogP contribution in [0.3, 0.4) is 0 Å². The maximum absolute atomic E-state index is 4.75. The van der Waals surface area contributed by atoms with Gasteiger partial charge in [0.2, 0.25) is 0 Å². The van der Waals surface area contributed by atoms with E-state index < -0.39 is 0 Å². The summed E-state index contributed by atoms with van der Waals surface area (Å²) in [6, 6.07) is 6.69. The van der Waals surface area contributed by atoms with Crippen molar-refractivity contribution in [1.82, 2.24) is 10.3 Å². The van der Waals surface area contributed by atoms with Crippen LogP contribution in [-0.2, 0) is 6.42 Å². The van der Waals surface area contributed by atoms with Gasteiger partial charge in [0.25, 0.3) is 0 Å². The molecule has 1 fully saturated rings. The second-order valence-electron chi connectivity index (χ2n) is 4.79. The molecule has 3 nitrogen and oxygen atoms in total. The monoisotopic (exact) mass is 261 g/mol.